The lowest BCUT2D eigenvalue weighted by Gasteiger charge is -2.08. The summed E-state index contributed by atoms with van der Waals surface area (Å²) in [4.78, 5) is 37.1. The van der Waals surface area contributed by atoms with Crippen molar-refractivity contribution in [1.82, 2.24) is 15.0 Å². The number of aromatic amines is 1. The maximum Gasteiger partial charge on any atom is 0.325 e. The van der Waals surface area contributed by atoms with E-state index in [9.17, 15) is 9.59 Å². The molecule has 10 nitrogen and oxygen atoms in total. The van der Waals surface area contributed by atoms with Gasteiger partial charge in [-0.1, -0.05) is 0 Å². The van der Waals surface area contributed by atoms with Crippen LogP contribution in [0.5, 0.6) is 11.5 Å². The van der Waals surface area contributed by atoms with Gasteiger partial charge in [-0.15, -0.1) is 11.3 Å². The first-order chi connectivity index (χ1) is 16.9. The third kappa shape index (κ3) is 5.14. The van der Waals surface area contributed by atoms with E-state index >= 15 is 0 Å². The van der Waals surface area contributed by atoms with E-state index < -0.39 is 5.91 Å². The monoisotopic (exact) mass is 488 g/mol. The summed E-state index contributed by atoms with van der Waals surface area (Å²) in [6.45, 7) is 3.86. The van der Waals surface area contributed by atoms with Gasteiger partial charge in [-0.25, -0.2) is 14.8 Å². The summed E-state index contributed by atoms with van der Waals surface area (Å²) in [5, 5.41) is 8.71. The lowest BCUT2D eigenvalue weighted by molar-refractivity contribution is 0.0996. The first-order valence-corrected chi connectivity index (χ1v) is 11.4. The molecular formula is C24H20N6O4S. The van der Waals surface area contributed by atoms with Crippen molar-refractivity contribution in [3.8, 4) is 11.5 Å². The number of aromatic nitrogens is 3. The van der Waals surface area contributed by atoms with Crippen molar-refractivity contribution in [2.75, 3.05) is 16.0 Å². The maximum absolute atomic E-state index is 12.2. The van der Waals surface area contributed by atoms with Gasteiger partial charge in [-0.05, 0) is 62.4 Å². The summed E-state index contributed by atoms with van der Waals surface area (Å²) >= 11 is 1.43. The number of thiazole rings is 1. The van der Waals surface area contributed by atoms with Crippen LogP contribution in [0.4, 0.5) is 21.6 Å². The van der Waals surface area contributed by atoms with E-state index in [4.69, 9.17) is 9.15 Å². The zero-order valence-electron chi connectivity index (χ0n) is 18.7. The molecule has 0 radical (unpaired) electrons. The van der Waals surface area contributed by atoms with Gasteiger partial charge in [0.05, 0.1) is 23.0 Å². The molecule has 4 N–H and O–H groups in total. The van der Waals surface area contributed by atoms with Gasteiger partial charge >= 0.3 is 6.03 Å². The van der Waals surface area contributed by atoms with E-state index in [-0.39, 0.29) is 11.8 Å². The molecule has 3 aromatic heterocycles. The Kier molecular flexibility index (Phi) is 5.90. The molecule has 0 unspecified atom stereocenters. The average molecular weight is 489 g/mol. The van der Waals surface area contributed by atoms with E-state index in [1.165, 1.54) is 17.6 Å². The normalized spacial score (nSPS) is 10.8. The van der Waals surface area contributed by atoms with Gasteiger partial charge in [0.2, 0.25) is 5.95 Å². The van der Waals surface area contributed by atoms with Gasteiger partial charge < -0.3 is 19.5 Å². The lowest BCUT2D eigenvalue weighted by Crippen LogP contribution is -2.19. The number of carbonyl (C=O) groups excluding carboxylic acids is 2. The first-order valence-electron chi connectivity index (χ1n) is 10.6. The van der Waals surface area contributed by atoms with E-state index in [2.05, 4.69) is 30.9 Å². The molecule has 0 spiro atoms. The number of hydrogen-bond donors (Lipinski definition) is 4. The molecule has 3 amide bonds. The number of anilines is 3. The largest absolute Gasteiger partial charge is 0.459 e. The number of ether oxygens (including phenoxy) is 1. The summed E-state index contributed by atoms with van der Waals surface area (Å²) < 4.78 is 11.0. The lowest BCUT2D eigenvalue weighted by atomic mass is 10.3. The minimum Gasteiger partial charge on any atom is -0.459 e. The number of furan rings is 1. The second-order valence-electron chi connectivity index (χ2n) is 7.56. The van der Waals surface area contributed by atoms with Crippen molar-refractivity contribution >= 4 is 51.1 Å². The fraction of sp³-hybridized carbons (Fsp3) is 0.0833. The molecule has 0 saturated heterocycles. The Morgan fingerprint density at radius 3 is 2.49 bits per heavy atom. The number of rotatable bonds is 6. The van der Waals surface area contributed by atoms with Crippen LogP contribution in [0.3, 0.4) is 0 Å². The van der Waals surface area contributed by atoms with Crippen molar-refractivity contribution in [1.29, 1.82) is 0 Å². The van der Waals surface area contributed by atoms with Crippen molar-refractivity contribution in [3.05, 3.63) is 77.2 Å². The van der Waals surface area contributed by atoms with Gasteiger partial charge in [0, 0.05) is 16.6 Å². The highest BCUT2D eigenvalue weighted by atomic mass is 32.1. The van der Waals surface area contributed by atoms with Crippen molar-refractivity contribution in [3.63, 3.8) is 0 Å². The second kappa shape index (κ2) is 9.31. The third-order valence-electron chi connectivity index (χ3n) is 5.03. The molecule has 0 aliphatic heterocycles. The number of urea groups is 1. The van der Waals surface area contributed by atoms with Crippen LogP contribution in [0, 0.1) is 13.8 Å². The highest BCUT2D eigenvalue weighted by Crippen LogP contribution is 2.27. The smallest absolute Gasteiger partial charge is 0.325 e. The van der Waals surface area contributed by atoms with E-state index in [1.807, 2.05) is 13.8 Å². The number of hydrogen-bond acceptors (Lipinski definition) is 7. The van der Waals surface area contributed by atoms with Gasteiger partial charge in [0.25, 0.3) is 5.91 Å². The number of H-pyrrole nitrogens is 1. The van der Waals surface area contributed by atoms with Gasteiger partial charge in [-0.3, -0.25) is 15.4 Å². The number of carbonyl (C=O) groups is 2. The molecule has 0 aliphatic rings. The van der Waals surface area contributed by atoms with Crippen LogP contribution >= 0.6 is 11.3 Å². The van der Waals surface area contributed by atoms with E-state index in [1.54, 1.807) is 54.6 Å². The van der Waals surface area contributed by atoms with Gasteiger partial charge in [0.15, 0.2) is 10.9 Å². The molecule has 5 rings (SSSR count). The number of fused-ring (bicyclic) bond motifs is 1. The van der Waals surface area contributed by atoms with Gasteiger partial charge in [0.1, 0.15) is 11.5 Å². The van der Waals surface area contributed by atoms with Crippen molar-refractivity contribution in [2.24, 2.45) is 0 Å². The minimum absolute atomic E-state index is 0.193. The Morgan fingerprint density at radius 2 is 1.77 bits per heavy atom. The first kappa shape index (κ1) is 22.2. The molecule has 2 aromatic carbocycles. The molecule has 0 saturated carbocycles. The van der Waals surface area contributed by atoms with Crippen LogP contribution in [0.2, 0.25) is 0 Å². The molecular weight excluding hydrogens is 468 g/mol. The van der Waals surface area contributed by atoms with Crippen LogP contribution < -0.4 is 20.7 Å². The average Bonchev–Trinajstić information content (AvgIpc) is 3.55. The Labute approximate surface area is 203 Å². The van der Waals surface area contributed by atoms with Crippen LogP contribution in [-0.4, -0.2) is 26.9 Å². The quantitative estimate of drug-likeness (QED) is 0.234. The number of benzene rings is 2. The fourth-order valence-corrected chi connectivity index (χ4v) is 4.03. The summed E-state index contributed by atoms with van der Waals surface area (Å²) in [6.07, 6.45) is 1.43. The van der Waals surface area contributed by atoms with Crippen molar-refractivity contribution < 1.29 is 18.7 Å². The third-order valence-corrected chi connectivity index (χ3v) is 6.02. The Hall–Kier alpha value is -4.64. The maximum atomic E-state index is 12.2. The van der Waals surface area contributed by atoms with E-state index in [0.717, 1.165) is 10.6 Å². The van der Waals surface area contributed by atoms with E-state index in [0.29, 0.717) is 39.3 Å². The van der Waals surface area contributed by atoms with Gasteiger partial charge in [-0.2, -0.15) is 0 Å². The zero-order valence-corrected chi connectivity index (χ0v) is 19.5. The van der Waals surface area contributed by atoms with Crippen LogP contribution in [0.15, 0.2) is 65.3 Å². The highest BCUT2D eigenvalue weighted by molar-refractivity contribution is 7.15. The summed E-state index contributed by atoms with van der Waals surface area (Å²) in [5.74, 6) is 1.27. The molecule has 3 heterocycles. The number of nitrogens with zero attached hydrogens (tertiary/aromatic N) is 2. The molecule has 0 aliphatic carbocycles. The Bertz CT molecular complexity index is 1490. The highest BCUT2D eigenvalue weighted by Gasteiger charge is 2.12. The predicted molar refractivity (Wildman–Crippen MR) is 134 cm³/mol. The summed E-state index contributed by atoms with van der Waals surface area (Å²) in [6, 6.07) is 15.2. The van der Waals surface area contributed by atoms with Crippen LogP contribution in [0.25, 0.3) is 11.0 Å². The molecule has 0 fully saturated rings. The second-order valence-corrected chi connectivity index (χ2v) is 8.77. The molecule has 176 valence electrons. The van der Waals surface area contributed by atoms with Crippen LogP contribution in [-0.2, 0) is 0 Å². The molecule has 0 atom stereocenters. The predicted octanol–water partition coefficient (Wildman–Crippen LogP) is 5.92. The number of imidazole rings is 1. The summed E-state index contributed by atoms with van der Waals surface area (Å²) in [7, 11) is 0. The Balaban J connectivity index is 1.20. The number of nitrogens with one attached hydrogen (secondary N) is 4. The molecule has 5 aromatic rings. The molecule has 0 bridgehead atoms. The number of aryl methyl sites for hydroxylation is 2. The number of amides is 3. The molecule has 35 heavy (non-hydrogen) atoms. The molecule has 11 heteroatoms. The van der Waals surface area contributed by atoms with Crippen LogP contribution in [0.1, 0.15) is 21.1 Å². The minimum atomic E-state index is -0.398. The van der Waals surface area contributed by atoms with Crippen molar-refractivity contribution in [2.45, 2.75) is 13.8 Å². The zero-order chi connectivity index (χ0) is 24.4. The standard InChI is InChI=1S/C24H20N6O4S/c1-13-14(2)35-24(25-13)30-23(32)26-15-5-7-16(8-6-15)34-17-9-10-18-19(12-17)28-22(27-18)29-21(31)20-4-3-11-33-20/h3-12H,1-2H3,(H2,25,26,30,32)(H2,27,28,29,31). The SMILES string of the molecule is Cc1nc(NC(=O)Nc2ccc(Oc3ccc4nc(NC(=O)c5ccco5)[nH]c4c3)cc2)sc1C. The Morgan fingerprint density at radius 1 is 0.971 bits per heavy atom. The summed E-state index contributed by atoms with van der Waals surface area (Å²) in [5.41, 5.74) is 2.87. The topological polar surface area (TPSA) is 134 Å². The fourth-order valence-electron chi connectivity index (χ4n) is 3.22.